The number of ether oxygens (including phenoxy) is 2. The van der Waals surface area contributed by atoms with Gasteiger partial charge in [0.25, 0.3) is 5.91 Å². The number of nitrogens with one attached hydrogen (secondary N) is 1. The summed E-state index contributed by atoms with van der Waals surface area (Å²) in [5.41, 5.74) is 12.2. The first-order valence-electron chi connectivity index (χ1n) is 11.6. The molecule has 0 radical (unpaired) electrons. The van der Waals surface area contributed by atoms with Crippen molar-refractivity contribution in [2.24, 2.45) is 0 Å². The molecule has 8 heteroatoms. The van der Waals surface area contributed by atoms with Gasteiger partial charge in [-0.1, -0.05) is 30.3 Å². The standard InChI is InChI=1S/C28H27N5O3/c1-17-7-6-8-19(15-17)30-28(34)24-25-27(32-21-10-5-4-9-20(21)31-25)33(26(24)29)14-13-18-11-12-22(35-2)23(16-18)36-3/h4-12,15-16H,13-14,29H2,1-3H3,(H,30,34). The van der Waals surface area contributed by atoms with E-state index in [4.69, 9.17) is 25.2 Å². The van der Waals surface area contributed by atoms with Crippen LogP contribution in [0.3, 0.4) is 0 Å². The van der Waals surface area contributed by atoms with E-state index < -0.39 is 0 Å². The van der Waals surface area contributed by atoms with Gasteiger partial charge in [-0.15, -0.1) is 0 Å². The highest BCUT2D eigenvalue weighted by atomic mass is 16.5. The fourth-order valence-electron chi connectivity index (χ4n) is 4.36. The van der Waals surface area contributed by atoms with Crippen LogP contribution in [0.25, 0.3) is 22.2 Å². The summed E-state index contributed by atoms with van der Waals surface area (Å²) in [5, 5.41) is 2.96. The Morgan fingerprint density at radius 2 is 1.69 bits per heavy atom. The van der Waals surface area contributed by atoms with E-state index in [0.29, 0.717) is 58.2 Å². The highest BCUT2D eigenvalue weighted by molar-refractivity contribution is 6.16. The smallest absolute Gasteiger partial charge is 0.261 e. The monoisotopic (exact) mass is 481 g/mol. The number of nitrogen functional groups attached to an aromatic ring is 1. The lowest BCUT2D eigenvalue weighted by molar-refractivity contribution is 0.102. The van der Waals surface area contributed by atoms with Crippen LogP contribution >= 0.6 is 0 Å². The van der Waals surface area contributed by atoms with Gasteiger partial charge in [-0.05, 0) is 60.9 Å². The lowest BCUT2D eigenvalue weighted by atomic mass is 10.1. The van der Waals surface area contributed by atoms with E-state index in [2.05, 4.69) is 5.32 Å². The van der Waals surface area contributed by atoms with Crippen LogP contribution in [-0.2, 0) is 13.0 Å². The summed E-state index contributed by atoms with van der Waals surface area (Å²) in [6.45, 7) is 2.48. The minimum Gasteiger partial charge on any atom is -0.493 e. The van der Waals surface area contributed by atoms with Crippen LogP contribution in [0, 0.1) is 6.92 Å². The van der Waals surface area contributed by atoms with Crippen LogP contribution in [0.1, 0.15) is 21.5 Å². The molecule has 0 saturated heterocycles. The van der Waals surface area contributed by atoms with Crippen molar-refractivity contribution < 1.29 is 14.3 Å². The van der Waals surface area contributed by atoms with Crippen LogP contribution < -0.4 is 20.5 Å². The molecule has 2 aromatic heterocycles. The lowest BCUT2D eigenvalue weighted by Gasteiger charge is -2.11. The Balaban J connectivity index is 1.57. The second kappa shape index (κ2) is 9.58. The fourth-order valence-corrected chi connectivity index (χ4v) is 4.36. The summed E-state index contributed by atoms with van der Waals surface area (Å²) in [5.74, 6) is 1.33. The number of amides is 1. The van der Waals surface area contributed by atoms with Gasteiger partial charge in [0.1, 0.15) is 16.9 Å². The van der Waals surface area contributed by atoms with Crippen LogP contribution in [0.4, 0.5) is 11.5 Å². The maximum absolute atomic E-state index is 13.4. The minimum atomic E-state index is -0.322. The Hall–Kier alpha value is -4.59. The Morgan fingerprint density at radius 1 is 0.944 bits per heavy atom. The average molecular weight is 482 g/mol. The molecule has 8 nitrogen and oxygen atoms in total. The van der Waals surface area contributed by atoms with E-state index in [0.717, 1.165) is 16.6 Å². The van der Waals surface area contributed by atoms with Gasteiger partial charge < -0.3 is 25.1 Å². The summed E-state index contributed by atoms with van der Waals surface area (Å²) >= 11 is 0. The molecule has 0 aliphatic carbocycles. The number of para-hydroxylation sites is 2. The number of nitrogens with zero attached hydrogens (tertiary/aromatic N) is 3. The maximum atomic E-state index is 13.4. The van der Waals surface area contributed by atoms with Crippen molar-refractivity contribution in [3.8, 4) is 11.5 Å². The van der Waals surface area contributed by atoms with Gasteiger partial charge in [0.15, 0.2) is 17.1 Å². The molecular weight excluding hydrogens is 454 g/mol. The molecule has 3 N–H and O–H groups in total. The molecule has 0 bridgehead atoms. The number of nitrogens with two attached hydrogens (primary N) is 1. The van der Waals surface area contributed by atoms with Crippen molar-refractivity contribution in [1.29, 1.82) is 0 Å². The number of hydrogen-bond acceptors (Lipinski definition) is 6. The third kappa shape index (κ3) is 4.29. The van der Waals surface area contributed by atoms with Gasteiger partial charge in [0, 0.05) is 12.2 Å². The summed E-state index contributed by atoms with van der Waals surface area (Å²) < 4.78 is 12.6. The summed E-state index contributed by atoms with van der Waals surface area (Å²) in [6, 6.07) is 21.0. The Labute approximate surface area is 208 Å². The van der Waals surface area contributed by atoms with E-state index in [-0.39, 0.29) is 5.91 Å². The quantitative estimate of drug-likeness (QED) is 0.339. The van der Waals surface area contributed by atoms with E-state index in [1.807, 2.05) is 78.2 Å². The number of benzene rings is 3. The molecule has 182 valence electrons. The number of rotatable bonds is 7. The summed E-state index contributed by atoms with van der Waals surface area (Å²) in [6.07, 6.45) is 0.641. The molecular formula is C28H27N5O3. The van der Waals surface area contributed by atoms with Crippen molar-refractivity contribution in [1.82, 2.24) is 14.5 Å². The molecule has 0 aliphatic rings. The zero-order valence-electron chi connectivity index (χ0n) is 20.4. The highest BCUT2D eigenvalue weighted by Crippen LogP contribution is 2.31. The largest absolute Gasteiger partial charge is 0.493 e. The third-order valence-electron chi connectivity index (χ3n) is 6.17. The SMILES string of the molecule is COc1ccc(CCn2c(N)c(C(=O)Nc3cccc(C)c3)c3nc4ccccc4nc32)cc1OC. The molecule has 0 saturated carbocycles. The van der Waals surface area contributed by atoms with E-state index in [1.165, 1.54) is 0 Å². The number of aromatic nitrogens is 3. The number of aryl methyl sites for hydroxylation is 3. The Kier molecular flexibility index (Phi) is 6.16. The van der Waals surface area contributed by atoms with E-state index in [1.54, 1.807) is 14.2 Å². The molecule has 0 unspecified atom stereocenters. The van der Waals surface area contributed by atoms with Gasteiger partial charge in [-0.25, -0.2) is 9.97 Å². The maximum Gasteiger partial charge on any atom is 0.261 e. The van der Waals surface area contributed by atoms with Crippen LogP contribution in [0.2, 0.25) is 0 Å². The fraction of sp³-hybridized carbons (Fsp3) is 0.179. The first kappa shape index (κ1) is 23.2. The van der Waals surface area contributed by atoms with Gasteiger partial charge >= 0.3 is 0 Å². The number of methoxy groups -OCH3 is 2. The van der Waals surface area contributed by atoms with Crippen molar-refractivity contribution in [2.45, 2.75) is 19.9 Å². The normalized spacial score (nSPS) is 11.1. The van der Waals surface area contributed by atoms with Crippen LogP contribution in [0.15, 0.2) is 66.7 Å². The Morgan fingerprint density at radius 3 is 2.42 bits per heavy atom. The van der Waals surface area contributed by atoms with Crippen molar-refractivity contribution in [3.63, 3.8) is 0 Å². The molecule has 36 heavy (non-hydrogen) atoms. The molecule has 0 atom stereocenters. The number of carbonyl (C=O) groups is 1. The lowest BCUT2D eigenvalue weighted by Crippen LogP contribution is -2.15. The molecule has 0 spiro atoms. The van der Waals surface area contributed by atoms with Crippen molar-refractivity contribution in [2.75, 3.05) is 25.3 Å². The second-order valence-corrected chi connectivity index (χ2v) is 8.56. The first-order chi connectivity index (χ1) is 17.5. The topological polar surface area (TPSA) is 104 Å². The second-order valence-electron chi connectivity index (χ2n) is 8.56. The molecule has 2 heterocycles. The molecule has 5 aromatic rings. The molecule has 5 rings (SSSR count). The van der Waals surface area contributed by atoms with Crippen LogP contribution in [-0.4, -0.2) is 34.7 Å². The number of hydrogen-bond donors (Lipinski definition) is 2. The molecule has 0 fully saturated rings. The number of anilines is 2. The van der Waals surface area contributed by atoms with E-state index >= 15 is 0 Å². The zero-order chi connectivity index (χ0) is 25.2. The molecule has 3 aromatic carbocycles. The van der Waals surface area contributed by atoms with Gasteiger partial charge in [0.05, 0.1) is 25.3 Å². The van der Waals surface area contributed by atoms with E-state index in [9.17, 15) is 4.79 Å². The summed E-state index contributed by atoms with van der Waals surface area (Å²) in [4.78, 5) is 23.1. The van der Waals surface area contributed by atoms with Gasteiger partial charge in [-0.3, -0.25) is 4.79 Å². The highest BCUT2D eigenvalue weighted by Gasteiger charge is 2.24. The van der Waals surface area contributed by atoms with Crippen LogP contribution in [0.5, 0.6) is 11.5 Å². The Bertz CT molecular complexity index is 1590. The van der Waals surface area contributed by atoms with Crippen molar-refractivity contribution in [3.05, 3.63) is 83.4 Å². The molecule has 0 aliphatic heterocycles. The zero-order valence-corrected chi connectivity index (χ0v) is 20.4. The molecule has 1 amide bonds. The predicted molar refractivity (Wildman–Crippen MR) is 142 cm³/mol. The predicted octanol–water partition coefficient (Wildman–Crippen LogP) is 4.99. The average Bonchev–Trinajstić information content (AvgIpc) is 3.15. The van der Waals surface area contributed by atoms with Gasteiger partial charge in [0.2, 0.25) is 0 Å². The third-order valence-corrected chi connectivity index (χ3v) is 6.17. The number of fused-ring (bicyclic) bond motifs is 2. The first-order valence-corrected chi connectivity index (χ1v) is 11.6. The van der Waals surface area contributed by atoms with Crippen molar-refractivity contribution >= 4 is 39.6 Å². The number of carbonyl (C=O) groups excluding carboxylic acids is 1. The van der Waals surface area contributed by atoms with Gasteiger partial charge in [-0.2, -0.15) is 0 Å². The minimum absolute atomic E-state index is 0.317. The summed E-state index contributed by atoms with van der Waals surface area (Å²) in [7, 11) is 3.22.